The zero-order chi connectivity index (χ0) is 14.7. The van der Waals surface area contributed by atoms with Gasteiger partial charge in [-0.15, -0.1) is 0 Å². The molecule has 0 heterocycles. The number of benzene rings is 1. The third-order valence-corrected chi connectivity index (χ3v) is 3.56. The molecule has 0 saturated carbocycles. The van der Waals surface area contributed by atoms with Crippen LogP contribution in [0.5, 0.6) is 0 Å². The molecule has 1 N–H and O–H groups in total. The number of rotatable bonds is 5. The molecular formula is C13H19O5P. The highest BCUT2D eigenvalue weighted by Crippen LogP contribution is 2.48. The summed E-state index contributed by atoms with van der Waals surface area (Å²) in [5.41, 5.74) is 0.246. The minimum absolute atomic E-state index is 0.0466. The zero-order valence-electron chi connectivity index (χ0n) is 11.5. The van der Waals surface area contributed by atoms with E-state index in [-0.39, 0.29) is 12.2 Å². The summed E-state index contributed by atoms with van der Waals surface area (Å²) >= 11 is 0. The lowest BCUT2D eigenvalue weighted by molar-refractivity contribution is 0.0696. The summed E-state index contributed by atoms with van der Waals surface area (Å²) in [6, 6.07) is 6.30. The minimum atomic E-state index is -3.17. The van der Waals surface area contributed by atoms with Crippen LogP contribution in [0.2, 0.25) is 0 Å². The number of carboxylic acids is 1. The van der Waals surface area contributed by atoms with Crippen molar-refractivity contribution in [1.29, 1.82) is 0 Å². The minimum Gasteiger partial charge on any atom is -0.478 e. The predicted molar refractivity (Wildman–Crippen MR) is 72.6 cm³/mol. The molecule has 1 aromatic rings. The molecule has 106 valence electrons. The lowest BCUT2D eigenvalue weighted by Gasteiger charge is -2.24. The molecule has 0 spiro atoms. The van der Waals surface area contributed by atoms with E-state index in [9.17, 15) is 9.36 Å². The van der Waals surface area contributed by atoms with Gasteiger partial charge in [-0.05, 0) is 38.5 Å². The fourth-order valence-corrected chi connectivity index (χ4v) is 2.94. The Hall–Kier alpha value is -1.16. The second kappa shape index (κ2) is 5.87. The average Bonchev–Trinajstić information content (AvgIpc) is 2.24. The molecular weight excluding hydrogens is 267 g/mol. The van der Waals surface area contributed by atoms with Gasteiger partial charge in [0.2, 0.25) is 0 Å². The SMILES string of the molecule is CC(C)(C)OP(C)(=O)OCc1cccc(C(=O)O)c1. The number of hydrogen-bond donors (Lipinski definition) is 1. The van der Waals surface area contributed by atoms with Gasteiger partial charge in [0, 0.05) is 6.66 Å². The molecule has 1 unspecified atom stereocenters. The molecule has 19 heavy (non-hydrogen) atoms. The summed E-state index contributed by atoms with van der Waals surface area (Å²) in [7, 11) is -3.17. The van der Waals surface area contributed by atoms with Crippen LogP contribution in [-0.2, 0) is 20.2 Å². The molecule has 0 radical (unpaired) electrons. The van der Waals surface area contributed by atoms with Crippen LogP contribution in [-0.4, -0.2) is 23.3 Å². The summed E-state index contributed by atoms with van der Waals surface area (Å²) in [4.78, 5) is 10.8. The monoisotopic (exact) mass is 286 g/mol. The Balaban J connectivity index is 2.69. The Morgan fingerprint density at radius 3 is 2.53 bits per heavy atom. The van der Waals surface area contributed by atoms with Crippen molar-refractivity contribution < 1.29 is 23.5 Å². The molecule has 0 bridgehead atoms. The number of hydrogen-bond acceptors (Lipinski definition) is 4. The maximum atomic E-state index is 12.1. The fourth-order valence-electron chi connectivity index (χ4n) is 1.51. The van der Waals surface area contributed by atoms with E-state index in [2.05, 4.69) is 0 Å². The van der Waals surface area contributed by atoms with Gasteiger partial charge >= 0.3 is 13.6 Å². The normalized spacial score (nSPS) is 14.9. The largest absolute Gasteiger partial charge is 0.478 e. The third kappa shape index (κ3) is 6.01. The second-order valence-electron chi connectivity index (χ2n) is 5.25. The van der Waals surface area contributed by atoms with E-state index in [1.165, 1.54) is 18.8 Å². The van der Waals surface area contributed by atoms with Crippen molar-refractivity contribution >= 4 is 13.6 Å². The summed E-state index contributed by atoms with van der Waals surface area (Å²) < 4.78 is 22.7. The van der Waals surface area contributed by atoms with Gasteiger partial charge in [-0.3, -0.25) is 4.57 Å². The summed E-state index contributed by atoms with van der Waals surface area (Å²) in [6.07, 6.45) is 0. The second-order valence-corrected chi connectivity index (χ2v) is 7.24. The van der Waals surface area contributed by atoms with Gasteiger partial charge in [0.1, 0.15) is 0 Å². The van der Waals surface area contributed by atoms with Crippen LogP contribution < -0.4 is 0 Å². The van der Waals surface area contributed by atoms with E-state index in [4.69, 9.17) is 14.2 Å². The molecule has 1 aromatic carbocycles. The van der Waals surface area contributed by atoms with Gasteiger partial charge in [0.25, 0.3) is 0 Å². The quantitative estimate of drug-likeness (QED) is 0.838. The first-order valence-electron chi connectivity index (χ1n) is 5.84. The van der Waals surface area contributed by atoms with Crippen LogP contribution in [0.1, 0.15) is 36.7 Å². The van der Waals surface area contributed by atoms with Gasteiger partial charge in [-0.25, -0.2) is 4.79 Å². The molecule has 6 heteroatoms. The summed E-state index contributed by atoms with van der Waals surface area (Å²) in [6.45, 7) is 6.82. The van der Waals surface area contributed by atoms with E-state index < -0.39 is 19.2 Å². The Labute approximate surface area is 113 Å². The highest BCUT2D eigenvalue weighted by Gasteiger charge is 2.25. The maximum absolute atomic E-state index is 12.1. The maximum Gasteiger partial charge on any atom is 0.335 e. The average molecular weight is 286 g/mol. The highest BCUT2D eigenvalue weighted by atomic mass is 31.2. The molecule has 0 aliphatic carbocycles. The van der Waals surface area contributed by atoms with E-state index in [0.717, 1.165) is 0 Å². The molecule has 0 aliphatic rings. The van der Waals surface area contributed by atoms with Crippen LogP contribution in [0, 0.1) is 0 Å². The number of carbonyl (C=O) groups is 1. The standard InChI is InChI=1S/C13H19O5P/c1-13(2,3)18-19(4,16)17-9-10-6-5-7-11(8-10)12(14)15/h5-8H,9H2,1-4H3,(H,14,15). The van der Waals surface area contributed by atoms with E-state index in [1.807, 2.05) is 0 Å². The highest BCUT2D eigenvalue weighted by molar-refractivity contribution is 7.53. The molecule has 0 amide bonds. The summed E-state index contributed by atoms with van der Waals surface area (Å²) in [5.74, 6) is -1.01. The van der Waals surface area contributed by atoms with Crippen LogP contribution >= 0.6 is 7.60 Å². The molecule has 0 saturated heterocycles. The van der Waals surface area contributed by atoms with Crippen molar-refractivity contribution in [2.75, 3.05) is 6.66 Å². The van der Waals surface area contributed by atoms with E-state index >= 15 is 0 Å². The van der Waals surface area contributed by atoms with Crippen LogP contribution in [0.25, 0.3) is 0 Å². The predicted octanol–water partition coefficient (Wildman–Crippen LogP) is 3.54. The lowest BCUT2D eigenvalue weighted by atomic mass is 10.1. The van der Waals surface area contributed by atoms with Gasteiger partial charge in [0.15, 0.2) is 0 Å². The molecule has 1 atom stereocenters. The number of carboxylic acid groups (broad SMARTS) is 1. The first kappa shape index (κ1) is 15.9. The lowest BCUT2D eigenvalue weighted by Crippen LogP contribution is -2.17. The van der Waals surface area contributed by atoms with Gasteiger partial charge in [0.05, 0.1) is 17.8 Å². The molecule has 0 aliphatic heterocycles. The molecule has 0 fully saturated rings. The van der Waals surface area contributed by atoms with Gasteiger partial charge in [-0.1, -0.05) is 12.1 Å². The van der Waals surface area contributed by atoms with Crippen molar-refractivity contribution in [1.82, 2.24) is 0 Å². The van der Waals surface area contributed by atoms with Gasteiger partial charge in [-0.2, -0.15) is 0 Å². The van der Waals surface area contributed by atoms with Crippen LogP contribution in [0.4, 0.5) is 0 Å². The van der Waals surface area contributed by atoms with Crippen molar-refractivity contribution in [3.05, 3.63) is 35.4 Å². The first-order chi connectivity index (χ1) is 8.59. The topological polar surface area (TPSA) is 72.8 Å². The fraction of sp³-hybridized carbons (Fsp3) is 0.462. The van der Waals surface area contributed by atoms with Gasteiger partial charge < -0.3 is 14.2 Å². The zero-order valence-corrected chi connectivity index (χ0v) is 12.4. The van der Waals surface area contributed by atoms with E-state index in [0.29, 0.717) is 5.56 Å². The number of aromatic carboxylic acids is 1. The van der Waals surface area contributed by atoms with Crippen molar-refractivity contribution in [3.8, 4) is 0 Å². The van der Waals surface area contributed by atoms with Crippen LogP contribution in [0.15, 0.2) is 24.3 Å². The summed E-state index contributed by atoms with van der Waals surface area (Å²) in [5, 5.41) is 8.87. The third-order valence-electron chi connectivity index (χ3n) is 2.08. The van der Waals surface area contributed by atoms with Crippen molar-refractivity contribution in [2.45, 2.75) is 33.0 Å². The van der Waals surface area contributed by atoms with Crippen LogP contribution in [0.3, 0.4) is 0 Å². The Morgan fingerprint density at radius 1 is 1.37 bits per heavy atom. The molecule has 0 aromatic heterocycles. The Kier molecular flexibility index (Phi) is 4.91. The van der Waals surface area contributed by atoms with E-state index in [1.54, 1.807) is 32.9 Å². The molecule has 1 rings (SSSR count). The Morgan fingerprint density at radius 2 is 2.00 bits per heavy atom. The molecule has 5 nitrogen and oxygen atoms in total. The Bertz CT molecular complexity index is 504. The van der Waals surface area contributed by atoms with Crippen molar-refractivity contribution in [2.24, 2.45) is 0 Å². The van der Waals surface area contributed by atoms with Crippen molar-refractivity contribution in [3.63, 3.8) is 0 Å². The first-order valence-corrected chi connectivity index (χ1v) is 7.83. The smallest absolute Gasteiger partial charge is 0.335 e.